The second kappa shape index (κ2) is 5.82. The topological polar surface area (TPSA) is 59.1 Å². The normalized spacial score (nSPS) is 14.5. The molecule has 0 saturated heterocycles. The first-order valence-electron chi connectivity index (χ1n) is 6.46. The Morgan fingerprint density at radius 1 is 1.44 bits per heavy atom. The summed E-state index contributed by atoms with van der Waals surface area (Å²) in [5.41, 5.74) is 3.96. The maximum Gasteiger partial charge on any atom is 0.0641 e. The summed E-state index contributed by atoms with van der Waals surface area (Å²) >= 11 is 0. The van der Waals surface area contributed by atoms with E-state index in [1.165, 1.54) is 0 Å². The van der Waals surface area contributed by atoms with Gasteiger partial charge >= 0.3 is 0 Å². The van der Waals surface area contributed by atoms with Gasteiger partial charge in [0.25, 0.3) is 0 Å². The van der Waals surface area contributed by atoms with Gasteiger partial charge in [-0.3, -0.25) is 16.0 Å². The van der Waals surface area contributed by atoms with Crippen molar-refractivity contribution in [2.45, 2.75) is 51.7 Å². The first-order chi connectivity index (χ1) is 8.28. The molecule has 0 radical (unpaired) electrons. The molecule has 104 valence electrons. The van der Waals surface area contributed by atoms with Gasteiger partial charge in [-0.2, -0.15) is 5.10 Å². The number of hydrazine groups is 1. The molecule has 1 rings (SSSR count). The lowest BCUT2D eigenvalue weighted by atomic mass is 9.90. The number of likely N-dealkylation sites (N-methyl/N-ethyl adjacent to an activating group) is 1. The van der Waals surface area contributed by atoms with Crippen molar-refractivity contribution in [3.8, 4) is 0 Å². The van der Waals surface area contributed by atoms with Crippen molar-refractivity contribution < 1.29 is 0 Å². The van der Waals surface area contributed by atoms with Gasteiger partial charge in [0.2, 0.25) is 0 Å². The van der Waals surface area contributed by atoms with Gasteiger partial charge in [0, 0.05) is 30.2 Å². The average Bonchev–Trinajstić information content (AvgIpc) is 2.73. The number of aromatic nitrogens is 2. The molecule has 1 aromatic heterocycles. The van der Waals surface area contributed by atoms with Gasteiger partial charge in [-0.05, 0) is 47.9 Å². The third kappa shape index (κ3) is 3.31. The van der Waals surface area contributed by atoms with Gasteiger partial charge in [-0.25, -0.2) is 0 Å². The second-order valence-electron chi connectivity index (χ2n) is 5.85. The Kier molecular flexibility index (Phi) is 4.90. The Hall–Kier alpha value is -0.910. The van der Waals surface area contributed by atoms with Crippen molar-refractivity contribution >= 4 is 0 Å². The van der Waals surface area contributed by atoms with Gasteiger partial charge in [0.15, 0.2) is 0 Å². The summed E-state index contributed by atoms with van der Waals surface area (Å²) in [4.78, 5) is 2.18. The predicted molar refractivity (Wildman–Crippen MR) is 75.2 cm³/mol. The highest BCUT2D eigenvalue weighted by Gasteiger charge is 2.31. The fourth-order valence-corrected chi connectivity index (χ4v) is 1.81. The fourth-order valence-electron chi connectivity index (χ4n) is 1.81. The number of rotatable bonds is 6. The van der Waals surface area contributed by atoms with E-state index in [0.717, 1.165) is 12.1 Å². The first kappa shape index (κ1) is 15.1. The Balaban J connectivity index is 2.79. The molecule has 3 N–H and O–H groups in total. The van der Waals surface area contributed by atoms with Crippen LogP contribution in [0.5, 0.6) is 0 Å². The molecule has 1 heterocycles. The van der Waals surface area contributed by atoms with E-state index in [4.69, 9.17) is 5.84 Å². The zero-order valence-corrected chi connectivity index (χ0v) is 12.4. The minimum Gasteiger partial charge on any atom is -0.303 e. The summed E-state index contributed by atoms with van der Waals surface area (Å²) in [6.45, 7) is 8.60. The minimum atomic E-state index is -0.0314. The quantitative estimate of drug-likeness (QED) is 0.590. The van der Waals surface area contributed by atoms with Crippen LogP contribution in [0.1, 0.15) is 39.4 Å². The van der Waals surface area contributed by atoms with Crippen LogP contribution < -0.4 is 11.3 Å². The standard InChI is InChI=1S/C13H27N5/c1-10(2)18-8-7-11(16-18)9-12(15-14)13(3,4)17(5)6/h7-8,10,12,15H,9,14H2,1-6H3. The Morgan fingerprint density at radius 2 is 2.06 bits per heavy atom. The molecule has 18 heavy (non-hydrogen) atoms. The molecule has 0 fully saturated rings. The molecule has 1 aromatic rings. The van der Waals surface area contributed by atoms with E-state index in [2.05, 4.69) is 63.3 Å². The molecule has 0 aliphatic heterocycles. The Morgan fingerprint density at radius 3 is 2.44 bits per heavy atom. The zero-order valence-electron chi connectivity index (χ0n) is 12.4. The van der Waals surface area contributed by atoms with Crippen LogP contribution >= 0.6 is 0 Å². The molecule has 0 amide bonds. The van der Waals surface area contributed by atoms with Crippen LogP contribution in [0.3, 0.4) is 0 Å². The van der Waals surface area contributed by atoms with Crippen LogP contribution in [0.25, 0.3) is 0 Å². The number of nitrogens with two attached hydrogens (primary N) is 1. The number of hydrogen-bond donors (Lipinski definition) is 2. The van der Waals surface area contributed by atoms with Gasteiger partial charge in [-0.1, -0.05) is 0 Å². The lowest BCUT2D eigenvalue weighted by Gasteiger charge is -2.39. The molecular formula is C13H27N5. The van der Waals surface area contributed by atoms with Crippen LogP contribution in [0.4, 0.5) is 0 Å². The maximum atomic E-state index is 5.70. The van der Waals surface area contributed by atoms with Crippen molar-refractivity contribution in [3.05, 3.63) is 18.0 Å². The summed E-state index contributed by atoms with van der Waals surface area (Å²) in [5, 5.41) is 4.57. The van der Waals surface area contributed by atoms with Crippen LogP contribution in [-0.4, -0.2) is 40.4 Å². The first-order valence-corrected chi connectivity index (χ1v) is 6.46. The highest BCUT2D eigenvalue weighted by Crippen LogP contribution is 2.18. The van der Waals surface area contributed by atoms with Crippen molar-refractivity contribution in [2.75, 3.05) is 14.1 Å². The Labute approximate surface area is 110 Å². The smallest absolute Gasteiger partial charge is 0.0641 e. The lowest BCUT2D eigenvalue weighted by molar-refractivity contribution is 0.136. The maximum absolute atomic E-state index is 5.70. The second-order valence-corrected chi connectivity index (χ2v) is 5.85. The van der Waals surface area contributed by atoms with E-state index < -0.39 is 0 Å². The monoisotopic (exact) mass is 253 g/mol. The molecule has 0 bridgehead atoms. The molecule has 1 unspecified atom stereocenters. The largest absolute Gasteiger partial charge is 0.303 e. The molecule has 5 heteroatoms. The number of nitrogens with zero attached hydrogens (tertiary/aromatic N) is 3. The lowest BCUT2D eigenvalue weighted by Crippen LogP contribution is -2.58. The zero-order chi connectivity index (χ0) is 13.9. The number of hydrogen-bond acceptors (Lipinski definition) is 4. The Bertz CT molecular complexity index is 367. The molecule has 5 nitrogen and oxygen atoms in total. The van der Waals surface area contributed by atoms with Gasteiger partial charge in [0.1, 0.15) is 0 Å². The molecule has 0 saturated carbocycles. The third-order valence-corrected chi connectivity index (χ3v) is 3.81. The van der Waals surface area contributed by atoms with E-state index in [0.29, 0.717) is 6.04 Å². The fraction of sp³-hybridized carbons (Fsp3) is 0.769. The summed E-state index contributed by atoms with van der Waals surface area (Å²) < 4.78 is 1.98. The van der Waals surface area contributed by atoms with Gasteiger partial charge < -0.3 is 4.90 Å². The van der Waals surface area contributed by atoms with Crippen molar-refractivity contribution in [1.82, 2.24) is 20.1 Å². The third-order valence-electron chi connectivity index (χ3n) is 3.81. The van der Waals surface area contributed by atoms with E-state index in [1.54, 1.807) is 0 Å². The minimum absolute atomic E-state index is 0.0314. The molecule has 0 aliphatic carbocycles. The van der Waals surface area contributed by atoms with Crippen LogP contribution in [0.2, 0.25) is 0 Å². The number of nitrogens with one attached hydrogen (secondary N) is 1. The summed E-state index contributed by atoms with van der Waals surface area (Å²) in [6.07, 6.45) is 2.84. The molecule has 1 atom stereocenters. The average molecular weight is 253 g/mol. The van der Waals surface area contributed by atoms with Crippen LogP contribution in [0.15, 0.2) is 12.3 Å². The molecule has 0 spiro atoms. The summed E-state index contributed by atoms with van der Waals surface area (Å²) in [6, 6.07) is 2.61. The van der Waals surface area contributed by atoms with E-state index in [9.17, 15) is 0 Å². The highest BCUT2D eigenvalue weighted by atomic mass is 15.3. The molecule has 0 aromatic carbocycles. The molecular weight excluding hydrogens is 226 g/mol. The van der Waals surface area contributed by atoms with E-state index in [1.807, 2.05) is 10.9 Å². The van der Waals surface area contributed by atoms with Crippen molar-refractivity contribution in [2.24, 2.45) is 5.84 Å². The van der Waals surface area contributed by atoms with Crippen LogP contribution in [0, 0.1) is 0 Å². The van der Waals surface area contributed by atoms with Crippen molar-refractivity contribution in [3.63, 3.8) is 0 Å². The predicted octanol–water partition coefficient (Wildman–Crippen LogP) is 1.18. The van der Waals surface area contributed by atoms with Crippen molar-refractivity contribution in [1.29, 1.82) is 0 Å². The van der Waals surface area contributed by atoms with Crippen LogP contribution in [-0.2, 0) is 6.42 Å². The summed E-state index contributed by atoms with van der Waals surface area (Å²) in [5.74, 6) is 5.70. The summed E-state index contributed by atoms with van der Waals surface area (Å²) in [7, 11) is 4.13. The highest BCUT2D eigenvalue weighted by molar-refractivity contribution is 5.05. The van der Waals surface area contributed by atoms with E-state index >= 15 is 0 Å². The molecule has 0 aliphatic rings. The van der Waals surface area contributed by atoms with E-state index in [-0.39, 0.29) is 11.6 Å². The van der Waals surface area contributed by atoms with Gasteiger partial charge in [-0.15, -0.1) is 0 Å². The SMILES string of the molecule is CC(C)n1ccc(CC(NN)C(C)(C)N(C)C)n1. The van der Waals surface area contributed by atoms with Gasteiger partial charge in [0.05, 0.1) is 5.69 Å².